The first-order chi connectivity index (χ1) is 12.1. The number of aromatic hydroxyl groups is 2. The van der Waals surface area contributed by atoms with Crippen LogP contribution in [-0.2, 0) is 17.4 Å². The lowest BCUT2D eigenvalue weighted by molar-refractivity contribution is 0.332. The zero-order valence-electron chi connectivity index (χ0n) is 16.2. The van der Waals surface area contributed by atoms with Crippen LogP contribution in [0.15, 0.2) is 29.4 Å². The molecule has 0 saturated heterocycles. The fourth-order valence-electron chi connectivity index (χ4n) is 4.05. The van der Waals surface area contributed by atoms with Gasteiger partial charge in [-0.15, -0.1) is 0 Å². The molecule has 0 saturated carbocycles. The standard InChI is InChI=1S/C22H27NO3/c1-13-8-17-18(22(4,5)7-6-21(17,2)3)10-15(13)16-9-14(12-23-26)19(24)11-20(16)25/h8-11,24-25H,6-7,12H2,1-5H3. The summed E-state index contributed by atoms with van der Waals surface area (Å²) in [5, 5.41) is 23.3. The molecule has 0 aromatic heterocycles. The van der Waals surface area contributed by atoms with E-state index in [-0.39, 0.29) is 28.9 Å². The lowest BCUT2D eigenvalue weighted by atomic mass is 9.62. The van der Waals surface area contributed by atoms with E-state index in [0.717, 1.165) is 24.0 Å². The molecule has 0 spiro atoms. The van der Waals surface area contributed by atoms with Crippen molar-refractivity contribution in [2.75, 3.05) is 0 Å². The van der Waals surface area contributed by atoms with E-state index < -0.39 is 0 Å². The summed E-state index contributed by atoms with van der Waals surface area (Å²) in [6.07, 6.45) is 2.25. The molecule has 138 valence electrons. The summed E-state index contributed by atoms with van der Waals surface area (Å²) in [5.74, 6) is -0.101. The fourth-order valence-corrected chi connectivity index (χ4v) is 4.05. The summed E-state index contributed by atoms with van der Waals surface area (Å²) in [4.78, 5) is 10.7. The Kier molecular flexibility index (Phi) is 4.33. The minimum absolute atomic E-state index is 0.00748. The summed E-state index contributed by atoms with van der Waals surface area (Å²) in [7, 11) is 0. The SMILES string of the molecule is Cc1cc2c(cc1-c1cc(CN=O)c(O)cc1O)C(C)(C)CCC2(C)C. The second-order valence-corrected chi connectivity index (χ2v) is 8.77. The Morgan fingerprint density at radius 2 is 1.46 bits per heavy atom. The molecule has 2 N–H and O–H groups in total. The van der Waals surface area contributed by atoms with E-state index in [1.54, 1.807) is 6.07 Å². The largest absolute Gasteiger partial charge is 0.507 e. The smallest absolute Gasteiger partial charge is 0.127 e. The molecule has 0 aliphatic heterocycles. The Labute approximate surface area is 154 Å². The van der Waals surface area contributed by atoms with Crippen LogP contribution < -0.4 is 0 Å². The zero-order valence-corrected chi connectivity index (χ0v) is 16.2. The lowest BCUT2D eigenvalue weighted by Gasteiger charge is -2.42. The van der Waals surface area contributed by atoms with Crippen molar-refractivity contribution in [1.29, 1.82) is 0 Å². The Bertz CT molecular complexity index is 881. The third-order valence-corrected chi connectivity index (χ3v) is 5.92. The van der Waals surface area contributed by atoms with E-state index in [1.807, 2.05) is 6.92 Å². The van der Waals surface area contributed by atoms with Gasteiger partial charge in [-0.25, -0.2) is 0 Å². The first kappa shape index (κ1) is 18.4. The van der Waals surface area contributed by atoms with Crippen LogP contribution in [0, 0.1) is 11.8 Å². The summed E-state index contributed by atoms with van der Waals surface area (Å²) < 4.78 is 0. The average Bonchev–Trinajstić information content (AvgIpc) is 2.55. The van der Waals surface area contributed by atoms with Gasteiger partial charge in [0.15, 0.2) is 0 Å². The summed E-state index contributed by atoms with van der Waals surface area (Å²) in [6.45, 7) is 11.0. The predicted molar refractivity (Wildman–Crippen MR) is 105 cm³/mol. The number of benzene rings is 2. The van der Waals surface area contributed by atoms with Gasteiger partial charge in [0.2, 0.25) is 0 Å². The Hall–Kier alpha value is -2.36. The molecule has 0 heterocycles. The second-order valence-electron chi connectivity index (χ2n) is 8.77. The molecule has 4 heteroatoms. The third-order valence-electron chi connectivity index (χ3n) is 5.92. The van der Waals surface area contributed by atoms with E-state index in [4.69, 9.17) is 0 Å². The van der Waals surface area contributed by atoms with Crippen molar-refractivity contribution in [3.8, 4) is 22.6 Å². The number of aryl methyl sites for hydroxylation is 1. The molecule has 0 fully saturated rings. The maximum Gasteiger partial charge on any atom is 0.127 e. The van der Waals surface area contributed by atoms with Crippen molar-refractivity contribution < 1.29 is 10.2 Å². The molecule has 0 atom stereocenters. The Morgan fingerprint density at radius 3 is 2.04 bits per heavy atom. The van der Waals surface area contributed by atoms with Gasteiger partial charge in [-0.1, -0.05) is 38.9 Å². The van der Waals surface area contributed by atoms with Crippen LogP contribution in [0.25, 0.3) is 11.1 Å². The summed E-state index contributed by atoms with van der Waals surface area (Å²) in [6, 6.07) is 7.37. The second kappa shape index (κ2) is 6.11. The maximum absolute atomic E-state index is 10.7. The van der Waals surface area contributed by atoms with Crippen molar-refractivity contribution >= 4 is 0 Å². The highest BCUT2D eigenvalue weighted by molar-refractivity contribution is 5.76. The van der Waals surface area contributed by atoms with Gasteiger partial charge in [0, 0.05) is 17.2 Å². The molecule has 0 amide bonds. The zero-order chi connectivity index (χ0) is 19.3. The van der Waals surface area contributed by atoms with Gasteiger partial charge >= 0.3 is 0 Å². The van der Waals surface area contributed by atoms with Crippen molar-refractivity contribution in [2.24, 2.45) is 5.18 Å². The first-order valence-corrected chi connectivity index (χ1v) is 9.07. The maximum atomic E-state index is 10.7. The number of hydrogen-bond donors (Lipinski definition) is 2. The van der Waals surface area contributed by atoms with Crippen molar-refractivity contribution in [2.45, 2.75) is 64.8 Å². The van der Waals surface area contributed by atoms with Crippen LogP contribution in [-0.4, -0.2) is 10.2 Å². The highest BCUT2D eigenvalue weighted by Crippen LogP contribution is 2.48. The van der Waals surface area contributed by atoms with Gasteiger partial charge in [0.25, 0.3) is 0 Å². The molecule has 26 heavy (non-hydrogen) atoms. The topological polar surface area (TPSA) is 69.9 Å². The minimum Gasteiger partial charge on any atom is -0.507 e. The minimum atomic E-state index is -0.123. The van der Waals surface area contributed by atoms with Crippen molar-refractivity contribution in [3.05, 3.63) is 51.4 Å². The van der Waals surface area contributed by atoms with Gasteiger partial charge in [-0.3, -0.25) is 0 Å². The molecule has 0 radical (unpaired) electrons. The van der Waals surface area contributed by atoms with E-state index in [2.05, 4.69) is 45.0 Å². The van der Waals surface area contributed by atoms with Crippen LogP contribution in [0.4, 0.5) is 0 Å². The average molecular weight is 353 g/mol. The molecule has 4 nitrogen and oxygen atoms in total. The number of nitrogens with zero attached hydrogens (tertiary/aromatic N) is 1. The molecule has 0 bridgehead atoms. The van der Waals surface area contributed by atoms with Gasteiger partial charge in [0.05, 0.1) is 0 Å². The van der Waals surface area contributed by atoms with E-state index in [1.165, 1.54) is 17.2 Å². The van der Waals surface area contributed by atoms with Crippen LogP contribution in [0.3, 0.4) is 0 Å². The van der Waals surface area contributed by atoms with Gasteiger partial charge < -0.3 is 10.2 Å². The van der Waals surface area contributed by atoms with Crippen LogP contribution in [0.1, 0.15) is 62.8 Å². The Balaban J connectivity index is 2.25. The number of hydrogen-bond acceptors (Lipinski definition) is 4. The summed E-state index contributed by atoms with van der Waals surface area (Å²) >= 11 is 0. The van der Waals surface area contributed by atoms with Crippen molar-refractivity contribution in [1.82, 2.24) is 0 Å². The molecular weight excluding hydrogens is 326 g/mol. The highest BCUT2D eigenvalue weighted by atomic mass is 16.3. The molecule has 0 unspecified atom stereocenters. The Morgan fingerprint density at radius 1 is 0.885 bits per heavy atom. The van der Waals surface area contributed by atoms with E-state index >= 15 is 0 Å². The quantitative estimate of drug-likeness (QED) is 0.697. The van der Waals surface area contributed by atoms with Gasteiger partial charge in [-0.05, 0) is 65.0 Å². The fraction of sp³-hybridized carbons (Fsp3) is 0.455. The van der Waals surface area contributed by atoms with Crippen LogP contribution in [0.2, 0.25) is 0 Å². The van der Waals surface area contributed by atoms with E-state index in [0.29, 0.717) is 11.1 Å². The molecule has 1 aliphatic carbocycles. The number of fused-ring (bicyclic) bond motifs is 1. The molecule has 2 aromatic carbocycles. The van der Waals surface area contributed by atoms with Crippen LogP contribution in [0.5, 0.6) is 11.5 Å². The third kappa shape index (κ3) is 2.98. The molecule has 1 aliphatic rings. The molecule has 3 rings (SSSR count). The normalized spacial score (nSPS) is 17.6. The van der Waals surface area contributed by atoms with Crippen LogP contribution >= 0.6 is 0 Å². The molecule has 2 aromatic rings. The van der Waals surface area contributed by atoms with Crippen molar-refractivity contribution in [3.63, 3.8) is 0 Å². The van der Waals surface area contributed by atoms with Gasteiger partial charge in [-0.2, -0.15) is 4.91 Å². The number of nitroso groups, excluding NO2 is 1. The highest BCUT2D eigenvalue weighted by Gasteiger charge is 2.37. The number of rotatable bonds is 3. The lowest BCUT2D eigenvalue weighted by Crippen LogP contribution is -2.34. The summed E-state index contributed by atoms with van der Waals surface area (Å²) in [5.41, 5.74) is 5.90. The predicted octanol–water partition coefficient (Wildman–Crippen LogP) is 5.69. The molecular formula is C22H27NO3. The van der Waals surface area contributed by atoms with Gasteiger partial charge in [0.1, 0.15) is 18.0 Å². The number of phenols is 2. The van der Waals surface area contributed by atoms with E-state index in [9.17, 15) is 15.1 Å². The first-order valence-electron chi connectivity index (χ1n) is 9.07. The number of phenolic OH excluding ortho intramolecular Hbond substituents is 2. The monoisotopic (exact) mass is 353 g/mol.